The fourth-order valence-corrected chi connectivity index (χ4v) is 2.27. The number of halogens is 2. The Hall–Kier alpha value is -0.0700. The van der Waals surface area contributed by atoms with E-state index in [1.165, 1.54) is 25.8 Å². The van der Waals surface area contributed by atoms with Crippen molar-refractivity contribution in [2.24, 2.45) is 0 Å². The highest BCUT2D eigenvalue weighted by molar-refractivity contribution is 5.85. The molecule has 0 aromatic rings. The van der Waals surface area contributed by atoms with E-state index >= 15 is 0 Å². The van der Waals surface area contributed by atoms with Crippen LogP contribution in [0.3, 0.4) is 0 Å². The van der Waals surface area contributed by atoms with Crippen molar-refractivity contribution in [1.82, 2.24) is 15.5 Å². The molecule has 5 nitrogen and oxygen atoms in total. The molecule has 1 saturated heterocycles. The lowest BCUT2D eigenvalue weighted by Gasteiger charge is -2.33. The molecule has 1 heterocycles. The van der Waals surface area contributed by atoms with Crippen LogP contribution in [0.1, 0.15) is 26.2 Å². The van der Waals surface area contributed by atoms with Gasteiger partial charge in [0.1, 0.15) is 0 Å². The summed E-state index contributed by atoms with van der Waals surface area (Å²) in [7, 11) is 1.65. The Morgan fingerprint density at radius 3 is 2.70 bits per heavy atom. The second kappa shape index (κ2) is 13.9. The predicted molar refractivity (Wildman–Crippen MR) is 87.1 cm³/mol. The van der Waals surface area contributed by atoms with Crippen molar-refractivity contribution in [2.75, 3.05) is 46.4 Å². The first-order chi connectivity index (χ1) is 8.74. The van der Waals surface area contributed by atoms with Crippen molar-refractivity contribution < 1.29 is 9.53 Å². The number of rotatable bonds is 8. The molecule has 1 fully saturated rings. The summed E-state index contributed by atoms with van der Waals surface area (Å²) in [6, 6.07) is 0.662. The lowest BCUT2D eigenvalue weighted by molar-refractivity contribution is -0.120. The van der Waals surface area contributed by atoms with Crippen LogP contribution in [0.25, 0.3) is 0 Å². The molecular weight excluding hydrogens is 301 g/mol. The van der Waals surface area contributed by atoms with Crippen molar-refractivity contribution >= 4 is 30.7 Å². The van der Waals surface area contributed by atoms with Gasteiger partial charge in [0.25, 0.3) is 0 Å². The van der Waals surface area contributed by atoms with E-state index in [2.05, 4.69) is 22.5 Å². The van der Waals surface area contributed by atoms with Gasteiger partial charge in [0.15, 0.2) is 0 Å². The van der Waals surface area contributed by atoms with Gasteiger partial charge in [-0.2, -0.15) is 0 Å². The number of hydrogen-bond donors (Lipinski definition) is 2. The molecule has 0 bridgehead atoms. The summed E-state index contributed by atoms with van der Waals surface area (Å²) < 4.78 is 4.90. The van der Waals surface area contributed by atoms with Gasteiger partial charge in [-0.3, -0.25) is 9.69 Å². The number of carbonyl (C=O) groups excluding carboxylic acids is 1. The van der Waals surface area contributed by atoms with Crippen LogP contribution in [-0.2, 0) is 9.53 Å². The molecule has 7 heteroatoms. The maximum absolute atomic E-state index is 11.5. The molecule has 1 atom stereocenters. The number of ether oxygens (including phenoxy) is 1. The number of likely N-dealkylation sites (tertiary alicyclic amines) is 1. The minimum atomic E-state index is 0. The minimum absolute atomic E-state index is 0. The topological polar surface area (TPSA) is 53.6 Å². The van der Waals surface area contributed by atoms with Crippen LogP contribution in [-0.4, -0.2) is 63.3 Å². The number of methoxy groups -OCH3 is 1. The normalized spacial score (nSPS) is 18.8. The maximum atomic E-state index is 11.5. The molecule has 1 rings (SSSR count). The molecule has 1 unspecified atom stereocenters. The number of nitrogens with zero attached hydrogens (tertiary/aromatic N) is 1. The zero-order chi connectivity index (χ0) is 13.2. The molecule has 0 aromatic carbocycles. The predicted octanol–water partition coefficient (Wildman–Crippen LogP) is 1.06. The number of carbonyl (C=O) groups is 1. The van der Waals surface area contributed by atoms with Crippen LogP contribution in [0, 0.1) is 0 Å². The standard InChI is InChI=1S/C13H27N3O2.2ClH/c1-12-5-3-4-8-16(12)9-6-15-13(17)11-14-7-10-18-2;;/h12,14H,3-11H2,1-2H3,(H,15,17);2*1H. The fourth-order valence-electron chi connectivity index (χ4n) is 2.27. The number of nitrogens with one attached hydrogen (secondary N) is 2. The summed E-state index contributed by atoms with van der Waals surface area (Å²) in [6.45, 7) is 6.88. The van der Waals surface area contributed by atoms with Crippen molar-refractivity contribution in [1.29, 1.82) is 0 Å². The SMILES string of the molecule is COCCNCC(=O)NCCN1CCCCC1C.Cl.Cl. The third kappa shape index (κ3) is 9.77. The van der Waals surface area contributed by atoms with Gasteiger partial charge in [0, 0.05) is 32.8 Å². The van der Waals surface area contributed by atoms with Gasteiger partial charge >= 0.3 is 0 Å². The third-order valence-electron chi connectivity index (χ3n) is 3.43. The molecule has 1 amide bonds. The molecule has 0 aliphatic carbocycles. The van der Waals surface area contributed by atoms with Crippen LogP contribution in [0.5, 0.6) is 0 Å². The van der Waals surface area contributed by atoms with Gasteiger partial charge in [0.05, 0.1) is 13.2 Å². The molecule has 1 aliphatic rings. The van der Waals surface area contributed by atoms with E-state index in [-0.39, 0.29) is 30.7 Å². The molecule has 122 valence electrons. The van der Waals surface area contributed by atoms with E-state index < -0.39 is 0 Å². The highest BCUT2D eigenvalue weighted by atomic mass is 35.5. The van der Waals surface area contributed by atoms with E-state index in [1.807, 2.05) is 0 Å². The third-order valence-corrected chi connectivity index (χ3v) is 3.43. The molecule has 0 spiro atoms. The largest absolute Gasteiger partial charge is 0.383 e. The lowest BCUT2D eigenvalue weighted by atomic mass is 10.0. The quantitative estimate of drug-likeness (QED) is 0.654. The first-order valence-corrected chi connectivity index (χ1v) is 6.94. The fraction of sp³-hybridized carbons (Fsp3) is 0.923. The summed E-state index contributed by atoms with van der Waals surface area (Å²) in [5.41, 5.74) is 0. The van der Waals surface area contributed by atoms with Gasteiger partial charge in [-0.05, 0) is 26.3 Å². The Morgan fingerprint density at radius 2 is 2.05 bits per heavy atom. The van der Waals surface area contributed by atoms with Crippen molar-refractivity contribution in [3.63, 3.8) is 0 Å². The molecule has 2 N–H and O–H groups in total. The lowest BCUT2D eigenvalue weighted by Crippen LogP contribution is -2.44. The average Bonchev–Trinajstić information content (AvgIpc) is 2.37. The summed E-state index contributed by atoms with van der Waals surface area (Å²) in [5, 5.41) is 5.98. The molecular formula is C13H29Cl2N3O2. The first kappa shape index (κ1) is 22.2. The smallest absolute Gasteiger partial charge is 0.234 e. The Labute approximate surface area is 135 Å². The minimum Gasteiger partial charge on any atom is -0.383 e. The van der Waals surface area contributed by atoms with Gasteiger partial charge in [-0.15, -0.1) is 24.8 Å². The Morgan fingerprint density at radius 1 is 1.30 bits per heavy atom. The van der Waals surface area contributed by atoms with Gasteiger partial charge in [-0.25, -0.2) is 0 Å². The van der Waals surface area contributed by atoms with Crippen molar-refractivity contribution in [3.05, 3.63) is 0 Å². The van der Waals surface area contributed by atoms with Gasteiger partial charge in [-0.1, -0.05) is 6.42 Å². The summed E-state index contributed by atoms with van der Waals surface area (Å²) in [4.78, 5) is 14.0. The number of hydrogen-bond acceptors (Lipinski definition) is 4. The maximum Gasteiger partial charge on any atom is 0.234 e. The molecule has 0 radical (unpaired) electrons. The van der Waals surface area contributed by atoms with Crippen molar-refractivity contribution in [2.45, 2.75) is 32.2 Å². The second-order valence-electron chi connectivity index (χ2n) is 4.90. The van der Waals surface area contributed by atoms with Gasteiger partial charge < -0.3 is 15.4 Å². The highest BCUT2D eigenvalue weighted by Gasteiger charge is 2.17. The Bertz CT molecular complexity index is 246. The van der Waals surface area contributed by atoms with Crippen LogP contribution >= 0.6 is 24.8 Å². The zero-order valence-corrected chi connectivity index (χ0v) is 14.2. The van der Waals surface area contributed by atoms with Crippen LogP contribution < -0.4 is 10.6 Å². The van der Waals surface area contributed by atoms with E-state index in [9.17, 15) is 4.79 Å². The van der Waals surface area contributed by atoms with E-state index in [4.69, 9.17) is 4.74 Å². The first-order valence-electron chi connectivity index (χ1n) is 6.94. The van der Waals surface area contributed by atoms with Crippen molar-refractivity contribution in [3.8, 4) is 0 Å². The van der Waals surface area contributed by atoms with Crippen LogP contribution in [0.2, 0.25) is 0 Å². The number of piperidine rings is 1. The molecule has 1 aliphatic heterocycles. The average molecular weight is 330 g/mol. The van der Waals surface area contributed by atoms with E-state index in [0.717, 1.165) is 13.1 Å². The van der Waals surface area contributed by atoms with Crippen LogP contribution in [0.4, 0.5) is 0 Å². The Kier molecular flexibility index (Phi) is 15.4. The molecule has 0 saturated carbocycles. The van der Waals surface area contributed by atoms with Crippen LogP contribution in [0.15, 0.2) is 0 Å². The summed E-state index contributed by atoms with van der Waals surface area (Å²) in [5.74, 6) is 0.0655. The summed E-state index contributed by atoms with van der Waals surface area (Å²) in [6.07, 6.45) is 3.91. The zero-order valence-electron chi connectivity index (χ0n) is 12.5. The Balaban J connectivity index is 0. The van der Waals surface area contributed by atoms with E-state index in [1.54, 1.807) is 7.11 Å². The molecule has 20 heavy (non-hydrogen) atoms. The van der Waals surface area contributed by atoms with Gasteiger partial charge in [0.2, 0.25) is 5.91 Å². The molecule has 0 aromatic heterocycles. The highest BCUT2D eigenvalue weighted by Crippen LogP contribution is 2.15. The summed E-state index contributed by atoms with van der Waals surface area (Å²) >= 11 is 0. The van der Waals surface area contributed by atoms with E-state index in [0.29, 0.717) is 25.7 Å². The number of amides is 1. The second-order valence-corrected chi connectivity index (χ2v) is 4.90. The monoisotopic (exact) mass is 329 g/mol.